The second kappa shape index (κ2) is 7.58. The molecule has 1 N–H and O–H groups in total. The summed E-state index contributed by atoms with van der Waals surface area (Å²) in [5.41, 5.74) is 3.57. The first-order chi connectivity index (χ1) is 12.0. The predicted molar refractivity (Wildman–Crippen MR) is 105 cm³/mol. The number of thioether (sulfide) groups is 1. The standard InChI is InChI=1S/C18H20N2O3S2/c1-2-19-8-3-4-13-10-12(5-6-14(13)19)11-15-17(23)20(18(24)25-15)9-7-16(21)22/h5-6,10-11H,2-4,7-9H2,1H3,(H,21,22). The number of thiocarbonyl (C=S) groups is 1. The molecule has 7 heteroatoms. The van der Waals surface area contributed by atoms with Crippen molar-refractivity contribution in [3.8, 4) is 0 Å². The first-order valence-electron chi connectivity index (χ1n) is 8.34. The molecule has 2 heterocycles. The summed E-state index contributed by atoms with van der Waals surface area (Å²) in [6, 6.07) is 6.28. The molecule has 0 unspecified atom stereocenters. The number of nitrogens with zero attached hydrogens (tertiary/aromatic N) is 2. The van der Waals surface area contributed by atoms with Crippen molar-refractivity contribution in [3.05, 3.63) is 34.2 Å². The number of aryl methyl sites for hydroxylation is 1. The first-order valence-corrected chi connectivity index (χ1v) is 9.57. The molecule has 0 atom stereocenters. The lowest BCUT2D eigenvalue weighted by Gasteiger charge is -2.30. The Hall–Kier alpha value is -1.86. The lowest BCUT2D eigenvalue weighted by atomic mass is 9.99. The van der Waals surface area contributed by atoms with Gasteiger partial charge in [0.05, 0.1) is 11.3 Å². The molecule has 1 saturated heterocycles. The van der Waals surface area contributed by atoms with Gasteiger partial charge in [-0.05, 0) is 49.1 Å². The van der Waals surface area contributed by atoms with Crippen molar-refractivity contribution in [1.82, 2.24) is 4.90 Å². The molecule has 0 radical (unpaired) electrons. The fourth-order valence-electron chi connectivity index (χ4n) is 3.16. The number of carbonyl (C=O) groups is 2. The molecule has 1 amide bonds. The molecule has 1 fully saturated rings. The minimum atomic E-state index is -0.937. The zero-order valence-electron chi connectivity index (χ0n) is 14.0. The molecule has 0 bridgehead atoms. The van der Waals surface area contributed by atoms with Crippen LogP contribution < -0.4 is 4.90 Å². The lowest BCUT2D eigenvalue weighted by molar-refractivity contribution is -0.137. The number of amides is 1. The van der Waals surface area contributed by atoms with Gasteiger partial charge in [0.1, 0.15) is 4.32 Å². The number of hydrogen-bond donors (Lipinski definition) is 1. The molecular formula is C18H20N2O3S2. The second-order valence-electron chi connectivity index (χ2n) is 6.05. The third kappa shape index (κ3) is 3.88. The predicted octanol–water partition coefficient (Wildman–Crippen LogP) is 3.14. The third-order valence-corrected chi connectivity index (χ3v) is 5.80. The number of hydrogen-bond acceptors (Lipinski definition) is 5. The second-order valence-corrected chi connectivity index (χ2v) is 7.72. The zero-order chi connectivity index (χ0) is 18.0. The van der Waals surface area contributed by atoms with E-state index < -0.39 is 5.97 Å². The number of fused-ring (bicyclic) bond motifs is 1. The van der Waals surface area contributed by atoms with Crippen molar-refractivity contribution in [2.24, 2.45) is 0 Å². The van der Waals surface area contributed by atoms with E-state index in [1.165, 1.54) is 27.9 Å². The highest BCUT2D eigenvalue weighted by molar-refractivity contribution is 8.26. The van der Waals surface area contributed by atoms with Crippen molar-refractivity contribution in [1.29, 1.82) is 0 Å². The minimum absolute atomic E-state index is 0.106. The van der Waals surface area contributed by atoms with Gasteiger partial charge in [0.15, 0.2) is 0 Å². The van der Waals surface area contributed by atoms with E-state index in [1.54, 1.807) is 0 Å². The average molecular weight is 377 g/mol. The fourth-order valence-corrected chi connectivity index (χ4v) is 4.47. The maximum absolute atomic E-state index is 12.5. The molecule has 0 saturated carbocycles. The summed E-state index contributed by atoms with van der Waals surface area (Å²) in [4.78, 5) is 27.5. The van der Waals surface area contributed by atoms with E-state index in [0.29, 0.717) is 9.23 Å². The van der Waals surface area contributed by atoms with Crippen LogP contribution in [0.25, 0.3) is 6.08 Å². The zero-order valence-corrected chi connectivity index (χ0v) is 15.7. The monoisotopic (exact) mass is 376 g/mol. The normalized spacial score (nSPS) is 18.8. The van der Waals surface area contributed by atoms with E-state index in [0.717, 1.165) is 31.5 Å². The highest BCUT2D eigenvalue weighted by Crippen LogP contribution is 2.34. The summed E-state index contributed by atoms with van der Waals surface area (Å²) in [5.74, 6) is -1.14. The number of benzene rings is 1. The molecule has 3 rings (SSSR count). The van der Waals surface area contributed by atoms with Crippen LogP contribution in [0.2, 0.25) is 0 Å². The van der Waals surface area contributed by atoms with Crippen LogP contribution in [0.5, 0.6) is 0 Å². The quantitative estimate of drug-likeness (QED) is 0.629. The highest BCUT2D eigenvalue weighted by Gasteiger charge is 2.32. The Bertz CT molecular complexity index is 761. The minimum Gasteiger partial charge on any atom is -0.481 e. The van der Waals surface area contributed by atoms with E-state index in [9.17, 15) is 9.59 Å². The summed E-state index contributed by atoms with van der Waals surface area (Å²) in [7, 11) is 0. The SMILES string of the molecule is CCN1CCCc2cc(C=C3SC(=S)N(CCC(=O)O)C3=O)ccc21. The summed E-state index contributed by atoms with van der Waals surface area (Å²) in [6.45, 7) is 4.36. The van der Waals surface area contributed by atoms with Crippen molar-refractivity contribution in [3.63, 3.8) is 0 Å². The van der Waals surface area contributed by atoms with Crippen LogP contribution in [0.4, 0.5) is 5.69 Å². The van der Waals surface area contributed by atoms with Gasteiger partial charge in [-0.1, -0.05) is 30.0 Å². The van der Waals surface area contributed by atoms with Crippen LogP contribution in [-0.2, 0) is 16.0 Å². The van der Waals surface area contributed by atoms with Crippen LogP contribution in [0, 0.1) is 0 Å². The Kier molecular flexibility index (Phi) is 5.44. The highest BCUT2D eigenvalue weighted by atomic mass is 32.2. The Labute approximate surface area is 156 Å². The molecule has 1 aromatic carbocycles. The lowest BCUT2D eigenvalue weighted by Crippen LogP contribution is -2.30. The van der Waals surface area contributed by atoms with Crippen molar-refractivity contribution in [2.75, 3.05) is 24.5 Å². The molecule has 132 valence electrons. The number of carbonyl (C=O) groups excluding carboxylic acids is 1. The molecule has 2 aliphatic heterocycles. The van der Waals surface area contributed by atoms with Crippen LogP contribution in [0.15, 0.2) is 23.1 Å². The van der Waals surface area contributed by atoms with E-state index in [4.69, 9.17) is 17.3 Å². The molecule has 1 aromatic rings. The number of aliphatic carboxylic acids is 1. The van der Waals surface area contributed by atoms with Crippen molar-refractivity contribution >= 4 is 51.9 Å². The van der Waals surface area contributed by atoms with Gasteiger partial charge in [-0.3, -0.25) is 14.5 Å². The maximum atomic E-state index is 12.5. The number of carboxylic acid groups (broad SMARTS) is 1. The molecule has 5 nitrogen and oxygen atoms in total. The van der Waals surface area contributed by atoms with Gasteiger partial charge >= 0.3 is 5.97 Å². The van der Waals surface area contributed by atoms with Crippen molar-refractivity contribution in [2.45, 2.75) is 26.2 Å². The van der Waals surface area contributed by atoms with Crippen LogP contribution in [0.3, 0.4) is 0 Å². The first kappa shape index (κ1) is 17.9. The molecule has 0 aromatic heterocycles. The summed E-state index contributed by atoms with van der Waals surface area (Å²) >= 11 is 6.46. The van der Waals surface area contributed by atoms with E-state index >= 15 is 0 Å². The topological polar surface area (TPSA) is 60.9 Å². The van der Waals surface area contributed by atoms with Gasteiger partial charge in [-0.25, -0.2) is 0 Å². The van der Waals surface area contributed by atoms with Crippen LogP contribution in [-0.4, -0.2) is 45.8 Å². The summed E-state index contributed by atoms with van der Waals surface area (Å²) in [5, 5.41) is 8.80. The third-order valence-electron chi connectivity index (χ3n) is 4.42. The van der Waals surface area contributed by atoms with Crippen LogP contribution in [0.1, 0.15) is 30.9 Å². The number of rotatable bonds is 5. The molecule has 2 aliphatic rings. The van der Waals surface area contributed by atoms with Gasteiger partial charge in [0, 0.05) is 25.3 Å². The Morgan fingerprint density at radius 1 is 1.44 bits per heavy atom. The van der Waals surface area contributed by atoms with Gasteiger partial charge in [-0.15, -0.1) is 0 Å². The molecule has 25 heavy (non-hydrogen) atoms. The Morgan fingerprint density at radius 2 is 2.24 bits per heavy atom. The average Bonchev–Trinajstić information content (AvgIpc) is 2.85. The van der Waals surface area contributed by atoms with Crippen LogP contribution >= 0.6 is 24.0 Å². The number of anilines is 1. The van der Waals surface area contributed by atoms with Gasteiger partial charge in [0.25, 0.3) is 5.91 Å². The van der Waals surface area contributed by atoms with Crippen molar-refractivity contribution < 1.29 is 14.7 Å². The smallest absolute Gasteiger partial charge is 0.305 e. The maximum Gasteiger partial charge on any atom is 0.305 e. The summed E-state index contributed by atoms with van der Waals surface area (Å²) in [6.07, 6.45) is 3.94. The number of carboxylic acids is 1. The van der Waals surface area contributed by atoms with Gasteiger partial charge in [0.2, 0.25) is 0 Å². The van der Waals surface area contributed by atoms with Gasteiger partial charge in [-0.2, -0.15) is 0 Å². The van der Waals surface area contributed by atoms with E-state index in [-0.39, 0.29) is 18.9 Å². The van der Waals surface area contributed by atoms with E-state index in [1.807, 2.05) is 12.1 Å². The summed E-state index contributed by atoms with van der Waals surface area (Å²) < 4.78 is 0.424. The molecule has 0 aliphatic carbocycles. The molecular weight excluding hydrogens is 356 g/mol. The van der Waals surface area contributed by atoms with E-state index in [2.05, 4.69) is 24.0 Å². The largest absolute Gasteiger partial charge is 0.481 e. The fraction of sp³-hybridized carbons (Fsp3) is 0.389. The molecule has 0 spiro atoms. The Morgan fingerprint density at radius 3 is 2.96 bits per heavy atom. The Balaban J connectivity index is 1.80. The van der Waals surface area contributed by atoms with Gasteiger partial charge < -0.3 is 10.0 Å².